The topological polar surface area (TPSA) is 42.4 Å². The quantitative estimate of drug-likeness (QED) is 0.750. The zero-order chi connectivity index (χ0) is 14.2. The summed E-state index contributed by atoms with van der Waals surface area (Å²) in [7, 11) is 7.33. The molecule has 0 fully saturated rings. The number of carbonyl (C=O) groups excluding carboxylic acids is 1. The Labute approximate surface area is 117 Å². The smallest absolute Gasteiger partial charge is 0.414 e. The number of amides is 1. The van der Waals surface area contributed by atoms with Crippen molar-refractivity contribution in [1.29, 1.82) is 0 Å². The molecule has 0 aliphatic heterocycles. The standard InChI is InChI=1S/C13H15BN2O2S/c1-13(2,3)18-12(17)16(4)8-5-6-10-9(7-8)15-11(14)19-10/h5-7H,1-4H3. The fourth-order valence-corrected chi connectivity index (χ4v) is 2.29. The van der Waals surface area contributed by atoms with Gasteiger partial charge in [-0.3, -0.25) is 9.88 Å². The number of thiazole rings is 1. The van der Waals surface area contributed by atoms with Crippen molar-refractivity contribution >= 4 is 46.1 Å². The van der Waals surface area contributed by atoms with Crippen LogP contribution in [0.1, 0.15) is 20.8 Å². The molecule has 2 rings (SSSR count). The van der Waals surface area contributed by atoms with Crippen LogP contribution in [0.2, 0.25) is 0 Å². The summed E-state index contributed by atoms with van der Waals surface area (Å²) in [6, 6.07) is 5.58. The molecule has 19 heavy (non-hydrogen) atoms. The first-order valence-corrected chi connectivity index (χ1v) is 6.71. The molecule has 1 amide bonds. The van der Waals surface area contributed by atoms with E-state index in [9.17, 15) is 4.79 Å². The minimum atomic E-state index is -0.513. The third kappa shape index (κ3) is 3.26. The fraction of sp³-hybridized carbons (Fsp3) is 0.385. The normalized spacial score (nSPS) is 11.6. The summed E-state index contributed by atoms with van der Waals surface area (Å²) in [5.41, 5.74) is 1.00. The molecular formula is C13H15BN2O2S. The molecule has 2 aromatic rings. The Balaban J connectivity index is 2.25. The lowest BCUT2D eigenvalue weighted by molar-refractivity contribution is 0.0589. The molecule has 98 valence electrons. The van der Waals surface area contributed by atoms with Crippen molar-refractivity contribution in [2.45, 2.75) is 26.4 Å². The van der Waals surface area contributed by atoms with Gasteiger partial charge in [-0.05, 0) is 39.0 Å². The number of anilines is 1. The van der Waals surface area contributed by atoms with Crippen molar-refractivity contribution in [1.82, 2.24) is 4.98 Å². The van der Waals surface area contributed by atoms with Gasteiger partial charge >= 0.3 is 6.09 Å². The maximum atomic E-state index is 12.0. The van der Waals surface area contributed by atoms with Gasteiger partial charge in [0.1, 0.15) is 5.60 Å². The Kier molecular flexibility index (Phi) is 3.54. The van der Waals surface area contributed by atoms with E-state index in [1.54, 1.807) is 7.05 Å². The van der Waals surface area contributed by atoms with Crippen LogP contribution in [-0.2, 0) is 4.74 Å². The van der Waals surface area contributed by atoms with Crippen LogP contribution in [0.25, 0.3) is 10.2 Å². The number of nitrogens with zero attached hydrogens (tertiary/aromatic N) is 2. The Morgan fingerprint density at radius 1 is 1.42 bits per heavy atom. The number of ether oxygens (including phenoxy) is 1. The molecule has 0 saturated carbocycles. The summed E-state index contributed by atoms with van der Waals surface area (Å²) >= 11 is 1.42. The molecular weight excluding hydrogens is 259 g/mol. The SMILES string of the molecule is [B]c1nc2cc(N(C)C(=O)OC(C)(C)C)ccc2s1. The molecule has 0 aliphatic rings. The van der Waals surface area contributed by atoms with E-state index in [4.69, 9.17) is 12.6 Å². The van der Waals surface area contributed by atoms with Crippen LogP contribution in [0.5, 0.6) is 0 Å². The lowest BCUT2D eigenvalue weighted by Crippen LogP contribution is -2.34. The van der Waals surface area contributed by atoms with Gasteiger partial charge in [0.05, 0.1) is 10.2 Å². The predicted molar refractivity (Wildman–Crippen MR) is 79.6 cm³/mol. The van der Waals surface area contributed by atoms with Crippen molar-refractivity contribution in [3.8, 4) is 0 Å². The molecule has 0 bridgehead atoms. The number of hydrogen-bond acceptors (Lipinski definition) is 4. The van der Waals surface area contributed by atoms with Gasteiger partial charge in [0, 0.05) is 17.6 Å². The number of hydrogen-bond donors (Lipinski definition) is 0. The first-order valence-electron chi connectivity index (χ1n) is 5.89. The molecule has 1 heterocycles. The predicted octanol–water partition coefficient (Wildman–Crippen LogP) is 2.46. The molecule has 4 nitrogen and oxygen atoms in total. The van der Waals surface area contributed by atoms with E-state index in [1.165, 1.54) is 16.2 Å². The lowest BCUT2D eigenvalue weighted by Gasteiger charge is -2.24. The van der Waals surface area contributed by atoms with Crippen molar-refractivity contribution in [3.63, 3.8) is 0 Å². The van der Waals surface area contributed by atoms with Crippen molar-refractivity contribution in [2.24, 2.45) is 0 Å². The van der Waals surface area contributed by atoms with E-state index in [1.807, 2.05) is 39.0 Å². The van der Waals surface area contributed by atoms with Gasteiger partial charge < -0.3 is 4.74 Å². The van der Waals surface area contributed by atoms with Crippen LogP contribution < -0.4 is 9.81 Å². The fourth-order valence-electron chi connectivity index (χ4n) is 1.58. The maximum absolute atomic E-state index is 12.0. The summed E-state index contributed by atoms with van der Waals surface area (Å²) in [5.74, 6) is 0. The van der Waals surface area contributed by atoms with Gasteiger partial charge in [-0.1, -0.05) is 0 Å². The minimum absolute atomic E-state index is 0.393. The van der Waals surface area contributed by atoms with Crippen LogP contribution in [-0.4, -0.2) is 31.6 Å². The Morgan fingerprint density at radius 3 is 2.74 bits per heavy atom. The van der Waals surface area contributed by atoms with Crippen molar-refractivity contribution in [3.05, 3.63) is 18.2 Å². The van der Waals surface area contributed by atoms with Gasteiger partial charge in [0.2, 0.25) is 0 Å². The van der Waals surface area contributed by atoms with Gasteiger partial charge in [-0.15, -0.1) is 11.3 Å². The van der Waals surface area contributed by atoms with Crippen molar-refractivity contribution < 1.29 is 9.53 Å². The second-order valence-electron chi connectivity index (χ2n) is 5.24. The third-order valence-corrected chi connectivity index (χ3v) is 3.31. The third-order valence-electron chi connectivity index (χ3n) is 2.44. The largest absolute Gasteiger partial charge is 0.443 e. The highest BCUT2D eigenvalue weighted by molar-refractivity contribution is 7.25. The lowest BCUT2D eigenvalue weighted by atomic mass is 10.2. The van der Waals surface area contributed by atoms with E-state index in [0.717, 1.165) is 15.9 Å². The van der Waals surface area contributed by atoms with Crippen molar-refractivity contribution in [2.75, 3.05) is 11.9 Å². The molecule has 0 N–H and O–H groups in total. The van der Waals surface area contributed by atoms with E-state index >= 15 is 0 Å². The first-order chi connectivity index (χ1) is 8.76. The van der Waals surface area contributed by atoms with E-state index in [0.29, 0.717) is 4.91 Å². The highest BCUT2D eigenvalue weighted by Crippen LogP contribution is 2.23. The summed E-state index contributed by atoms with van der Waals surface area (Å²) in [6.45, 7) is 5.51. The van der Waals surface area contributed by atoms with Crippen LogP contribution in [0.15, 0.2) is 18.2 Å². The van der Waals surface area contributed by atoms with E-state index in [-0.39, 0.29) is 0 Å². The Hall–Kier alpha value is -1.56. The second-order valence-corrected chi connectivity index (χ2v) is 6.31. The van der Waals surface area contributed by atoms with E-state index in [2.05, 4.69) is 4.98 Å². The molecule has 0 unspecified atom stereocenters. The van der Waals surface area contributed by atoms with Gasteiger partial charge in [0.15, 0.2) is 7.85 Å². The maximum Gasteiger partial charge on any atom is 0.414 e. The molecule has 0 aliphatic carbocycles. The van der Waals surface area contributed by atoms with Gasteiger partial charge in [-0.25, -0.2) is 4.79 Å². The molecule has 2 radical (unpaired) electrons. The van der Waals surface area contributed by atoms with Crippen LogP contribution in [0.4, 0.5) is 10.5 Å². The number of aromatic nitrogens is 1. The zero-order valence-electron chi connectivity index (χ0n) is 11.4. The number of benzene rings is 1. The molecule has 0 saturated heterocycles. The number of carbonyl (C=O) groups is 1. The monoisotopic (exact) mass is 274 g/mol. The first kappa shape index (κ1) is 13.9. The molecule has 0 spiro atoms. The summed E-state index contributed by atoms with van der Waals surface area (Å²) < 4.78 is 6.31. The van der Waals surface area contributed by atoms with E-state index < -0.39 is 11.7 Å². The van der Waals surface area contributed by atoms with Gasteiger partial charge in [0.25, 0.3) is 0 Å². The summed E-state index contributed by atoms with van der Waals surface area (Å²) in [5, 5.41) is 0. The minimum Gasteiger partial charge on any atom is -0.443 e. The summed E-state index contributed by atoms with van der Waals surface area (Å²) in [4.78, 5) is 18.1. The Morgan fingerprint density at radius 2 is 2.11 bits per heavy atom. The Bertz CT molecular complexity index is 619. The second kappa shape index (κ2) is 4.85. The van der Waals surface area contributed by atoms with Gasteiger partial charge in [-0.2, -0.15) is 0 Å². The molecule has 1 aromatic heterocycles. The molecule has 0 atom stereocenters. The number of rotatable bonds is 1. The molecule has 1 aromatic carbocycles. The highest BCUT2D eigenvalue weighted by atomic mass is 32.1. The number of fused-ring (bicyclic) bond motifs is 1. The average molecular weight is 274 g/mol. The van der Waals surface area contributed by atoms with Crippen LogP contribution in [0.3, 0.4) is 0 Å². The highest BCUT2D eigenvalue weighted by Gasteiger charge is 2.20. The average Bonchev–Trinajstić information content (AvgIpc) is 2.64. The summed E-state index contributed by atoms with van der Waals surface area (Å²) in [6.07, 6.45) is -0.393. The zero-order valence-corrected chi connectivity index (χ0v) is 12.2. The van der Waals surface area contributed by atoms with Crippen LogP contribution in [0, 0.1) is 0 Å². The molecule has 6 heteroatoms. The van der Waals surface area contributed by atoms with Crippen LogP contribution >= 0.6 is 11.3 Å².